The van der Waals surface area contributed by atoms with E-state index in [4.69, 9.17) is 0 Å². The minimum Gasteiger partial charge on any atom is -0.318 e. The average molecular weight is 405 g/mol. The maximum Gasteiger partial charge on any atom is 0.292 e. The van der Waals surface area contributed by atoms with Crippen molar-refractivity contribution in [3.63, 3.8) is 0 Å². The van der Waals surface area contributed by atoms with E-state index in [1.807, 2.05) is 23.1 Å². The largest absolute Gasteiger partial charge is 0.318 e. The number of aryl methyl sites for hydroxylation is 1. The summed E-state index contributed by atoms with van der Waals surface area (Å²) >= 11 is 0. The summed E-state index contributed by atoms with van der Waals surface area (Å²) in [6, 6.07) is 7.21. The Bertz CT molecular complexity index is 675. The van der Waals surface area contributed by atoms with E-state index in [9.17, 15) is 9.18 Å². The molecule has 6 heteroatoms. The molecule has 3 rings (SSSR count). The number of anilines is 1. The van der Waals surface area contributed by atoms with Crippen LogP contribution in [0.15, 0.2) is 36.7 Å². The Kier molecular flexibility index (Phi) is 7.11. The van der Waals surface area contributed by atoms with E-state index in [1.165, 1.54) is 25.3 Å². The number of rotatable bonds is 4. The number of hydrogen-bond donors (Lipinski definition) is 1. The molecule has 1 saturated carbocycles. The third-order valence-corrected chi connectivity index (χ3v) is 4.53. The topological polar surface area (TPSA) is 37.9 Å². The number of hydrogen-bond acceptors (Lipinski definition) is 1. The number of amides is 1. The van der Waals surface area contributed by atoms with Gasteiger partial charge in [0.25, 0.3) is 5.91 Å². The Labute approximate surface area is 167 Å². The summed E-state index contributed by atoms with van der Waals surface area (Å²) in [7, 11) is 0. The molecule has 2 aromatic rings. The summed E-state index contributed by atoms with van der Waals surface area (Å²) in [5, 5.41) is 2.70. The summed E-state index contributed by atoms with van der Waals surface area (Å²) in [4.78, 5) is 12.3. The molecule has 1 aromatic carbocycles. The zero-order valence-electron chi connectivity index (χ0n) is 14.0. The maximum absolute atomic E-state index is 13.8. The van der Waals surface area contributed by atoms with Gasteiger partial charge in [0.2, 0.25) is 6.54 Å². The molecule has 1 heterocycles. The molecule has 1 aliphatic carbocycles. The van der Waals surface area contributed by atoms with Crippen LogP contribution in [0.2, 0.25) is 0 Å². The molecular weight excluding hydrogens is 382 g/mol. The molecule has 1 N–H and O–H groups in total. The number of halogens is 1. The molecule has 0 saturated heterocycles. The normalized spacial score (nSPS) is 14.9. The Hall–Kier alpha value is -1.07. The van der Waals surface area contributed by atoms with E-state index in [-0.39, 0.29) is 50.8 Å². The molecule has 24 heavy (non-hydrogen) atoms. The Morgan fingerprint density at radius 1 is 1.29 bits per heavy atom. The van der Waals surface area contributed by atoms with Crippen LogP contribution in [0.3, 0.4) is 0 Å². The van der Waals surface area contributed by atoms with Gasteiger partial charge in [-0.15, -0.1) is 4.68 Å². The van der Waals surface area contributed by atoms with Gasteiger partial charge in [-0.05, 0) is 31.4 Å². The van der Waals surface area contributed by atoms with Crippen LogP contribution in [0.25, 0.3) is 0 Å². The van der Waals surface area contributed by atoms with Crippen LogP contribution in [0, 0.1) is 12.7 Å². The van der Waals surface area contributed by atoms with Gasteiger partial charge >= 0.3 is 0 Å². The van der Waals surface area contributed by atoms with Gasteiger partial charge in [0.1, 0.15) is 5.82 Å². The molecule has 1 aromatic heterocycles. The van der Waals surface area contributed by atoms with E-state index < -0.39 is 5.82 Å². The van der Waals surface area contributed by atoms with Crippen molar-refractivity contribution in [1.29, 1.82) is 0 Å². The molecule has 0 atom stereocenters. The second-order valence-corrected chi connectivity index (χ2v) is 6.24. The Balaban J connectivity index is 0.00000208. The van der Waals surface area contributed by atoms with Crippen molar-refractivity contribution in [2.75, 3.05) is 5.32 Å². The van der Waals surface area contributed by atoms with E-state index in [2.05, 4.69) is 10.00 Å². The molecule has 0 bridgehead atoms. The van der Waals surface area contributed by atoms with Crippen molar-refractivity contribution in [2.24, 2.45) is 0 Å². The zero-order valence-corrected chi connectivity index (χ0v) is 16.9. The van der Waals surface area contributed by atoms with E-state index in [0.717, 1.165) is 18.4 Å². The van der Waals surface area contributed by atoms with Crippen molar-refractivity contribution in [3.8, 4) is 0 Å². The number of benzene rings is 1. The minimum absolute atomic E-state index is 0. The van der Waals surface area contributed by atoms with Gasteiger partial charge in [0, 0.05) is 38.8 Å². The van der Waals surface area contributed by atoms with Crippen molar-refractivity contribution < 1.29 is 46.6 Å². The summed E-state index contributed by atoms with van der Waals surface area (Å²) in [6.45, 7) is 1.98. The van der Waals surface area contributed by atoms with Crippen molar-refractivity contribution in [1.82, 2.24) is 4.68 Å². The van der Waals surface area contributed by atoms with Crippen molar-refractivity contribution in [3.05, 3.63) is 48.0 Å². The molecule has 0 aliphatic heterocycles. The van der Waals surface area contributed by atoms with E-state index in [1.54, 1.807) is 19.1 Å². The fourth-order valence-corrected chi connectivity index (χ4v) is 3.32. The van der Waals surface area contributed by atoms with Crippen LogP contribution >= 0.6 is 0 Å². The second-order valence-electron chi connectivity index (χ2n) is 6.24. The zero-order chi connectivity index (χ0) is 16.2. The molecular formula is C18H23FN3OY+. The van der Waals surface area contributed by atoms with E-state index >= 15 is 0 Å². The van der Waals surface area contributed by atoms with Gasteiger partial charge in [-0.3, -0.25) is 4.79 Å². The van der Waals surface area contributed by atoms with Crippen LogP contribution in [0.4, 0.5) is 10.1 Å². The van der Waals surface area contributed by atoms with Crippen LogP contribution in [0.5, 0.6) is 0 Å². The molecule has 1 fully saturated rings. The van der Waals surface area contributed by atoms with Crippen LogP contribution < -0.4 is 10.00 Å². The summed E-state index contributed by atoms with van der Waals surface area (Å²) in [6.07, 6.45) is 10.0. The summed E-state index contributed by atoms with van der Waals surface area (Å²) in [5.41, 5.74) is 1.000. The molecule has 0 unspecified atom stereocenters. The quantitative estimate of drug-likeness (QED) is 0.779. The monoisotopic (exact) mass is 405 g/mol. The minimum atomic E-state index is -0.397. The second kappa shape index (κ2) is 8.86. The molecule has 0 spiro atoms. The number of nitrogens with one attached hydrogen (secondary N) is 1. The van der Waals surface area contributed by atoms with E-state index in [0.29, 0.717) is 6.04 Å². The Morgan fingerprint density at radius 3 is 2.75 bits per heavy atom. The van der Waals surface area contributed by atoms with Crippen molar-refractivity contribution in [2.45, 2.75) is 51.6 Å². The summed E-state index contributed by atoms with van der Waals surface area (Å²) in [5.74, 6) is -0.607. The molecule has 1 aliphatic rings. The van der Waals surface area contributed by atoms with Crippen LogP contribution in [-0.4, -0.2) is 10.6 Å². The summed E-state index contributed by atoms with van der Waals surface area (Å²) < 4.78 is 17.9. The Morgan fingerprint density at radius 2 is 2.04 bits per heavy atom. The number of aromatic nitrogens is 2. The van der Waals surface area contributed by atoms with Crippen LogP contribution in [0.1, 0.15) is 43.7 Å². The first kappa shape index (κ1) is 19.3. The van der Waals surface area contributed by atoms with Gasteiger partial charge in [0.15, 0.2) is 6.20 Å². The predicted molar refractivity (Wildman–Crippen MR) is 86.5 cm³/mol. The van der Waals surface area contributed by atoms with Gasteiger partial charge in [-0.25, -0.2) is 4.39 Å². The molecule has 4 nitrogen and oxygen atoms in total. The first-order chi connectivity index (χ1) is 11.1. The van der Waals surface area contributed by atoms with Gasteiger partial charge in [0.05, 0.1) is 17.9 Å². The number of nitrogens with zero attached hydrogens (tertiary/aromatic N) is 2. The smallest absolute Gasteiger partial charge is 0.292 e. The predicted octanol–water partition coefficient (Wildman–Crippen LogP) is 3.36. The molecule has 125 valence electrons. The fourth-order valence-electron chi connectivity index (χ4n) is 3.32. The number of carbonyl (C=O) groups is 1. The third kappa shape index (κ3) is 4.51. The first-order valence-electron chi connectivity index (χ1n) is 8.26. The average Bonchev–Trinajstić information content (AvgIpc) is 3.00. The van der Waals surface area contributed by atoms with Gasteiger partial charge in [-0.1, -0.05) is 31.4 Å². The number of para-hydroxylation sites is 1. The van der Waals surface area contributed by atoms with Gasteiger partial charge in [-0.2, -0.15) is 4.68 Å². The fraction of sp³-hybridized carbons (Fsp3) is 0.444. The van der Waals surface area contributed by atoms with Gasteiger partial charge < -0.3 is 5.32 Å². The van der Waals surface area contributed by atoms with Crippen molar-refractivity contribution >= 4 is 11.6 Å². The molecule has 1 radical (unpaired) electrons. The SMILES string of the molecule is Cc1cccc(F)c1NC(=O)C[n+]1cccn1C1CCCCC1.[Y]. The number of carbonyl (C=O) groups excluding carboxylic acids is 1. The third-order valence-electron chi connectivity index (χ3n) is 4.53. The van der Waals surface area contributed by atoms with Crippen LogP contribution in [-0.2, 0) is 44.0 Å². The maximum atomic E-state index is 13.8. The molecule has 1 amide bonds. The standard InChI is InChI=1S/C18H22FN3O.Y/c1-14-7-5-10-16(19)18(14)20-17(23)13-21-11-6-12-22(21)15-8-3-2-4-9-15;/h5-7,10-12,15H,2-4,8-9,13H2,1H3;/p+1. The first-order valence-corrected chi connectivity index (χ1v) is 8.26.